The van der Waals surface area contributed by atoms with E-state index in [1.54, 1.807) is 0 Å². The van der Waals surface area contributed by atoms with Crippen molar-refractivity contribution in [3.05, 3.63) is 0 Å². The highest BCUT2D eigenvalue weighted by Gasteiger charge is 2.64. The van der Waals surface area contributed by atoms with Crippen molar-refractivity contribution < 1.29 is 19.5 Å². The average molecular weight is 340 g/mol. The van der Waals surface area contributed by atoms with E-state index >= 15 is 0 Å². The summed E-state index contributed by atoms with van der Waals surface area (Å²) in [6.45, 7) is 3.67. The molecular weight excluding hydrogens is 316 g/mol. The minimum Gasteiger partial charge on any atom is -0.480 e. The molecule has 3 rings (SSSR count). The summed E-state index contributed by atoms with van der Waals surface area (Å²) in [6.07, 6.45) is 6.27. The van der Waals surface area contributed by atoms with Crippen LogP contribution in [0.4, 0.5) is 0 Å². The van der Waals surface area contributed by atoms with E-state index in [1.807, 2.05) is 13.8 Å². The van der Waals surface area contributed by atoms with Gasteiger partial charge < -0.3 is 15.3 Å². The van der Waals surface area contributed by atoms with Crippen LogP contribution in [0.15, 0.2) is 0 Å². The fourth-order valence-electron chi connectivity index (χ4n) is 4.03. The van der Waals surface area contributed by atoms with E-state index in [9.17, 15) is 19.5 Å². The molecule has 3 aliphatic rings. The Hall–Kier alpha value is -1.24. The van der Waals surface area contributed by atoms with E-state index in [4.69, 9.17) is 0 Å². The van der Waals surface area contributed by atoms with E-state index in [0.29, 0.717) is 12.3 Å². The molecular formula is C16H24N2O4S. The van der Waals surface area contributed by atoms with Gasteiger partial charge in [-0.3, -0.25) is 9.59 Å². The first-order valence-corrected chi connectivity index (χ1v) is 9.21. The van der Waals surface area contributed by atoms with Crippen molar-refractivity contribution in [1.29, 1.82) is 0 Å². The molecule has 0 bridgehead atoms. The molecule has 3 atom stereocenters. The summed E-state index contributed by atoms with van der Waals surface area (Å²) in [6, 6.07) is -1.39. The van der Waals surface area contributed by atoms with Crippen molar-refractivity contribution in [3.8, 4) is 0 Å². The topological polar surface area (TPSA) is 86.7 Å². The quantitative estimate of drug-likeness (QED) is 0.759. The number of thioether (sulfide) groups is 1. The van der Waals surface area contributed by atoms with Crippen LogP contribution in [0.2, 0.25) is 0 Å². The summed E-state index contributed by atoms with van der Waals surface area (Å²) in [5, 5.41) is 12.0. The van der Waals surface area contributed by atoms with Crippen LogP contribution in [0.3, 0.4) is 0 Å². The van der Waals surface area contributed by atoms with Crippen LogP contribution in [0.5, 0.6) is 0 Å². The van der Waals surface area contributed by atoms with E-state index in [-0.39, 0.29) is 17.2 Å². The lowest BCUT2D eigenvalue weighted by atomic mass is 9.86. The van der Waals surface area contributed by atoms with Gasteiger partial charge in [0.1, 0.15) is 17.5 Å². The zero-order valence-corrected chi connectivity index (χ0v) is 14.4. The predicted octanol–water partition coefficient (Wildman–Crippen LogP) is 1.59. The van der Waals surface area contributed by atoms with Crippen molar-refractivity contribution >= 4 is 29.5 Å². The highest BCUT2D eigenvalue weighted by molar-refractivity contribution is 8.01. The molecule has 2 saturated heterocycles. The largest absolute Gasteiger partial charge is 0.480 e. The first-order chi connectivity index (χ1) is 10.8. The first kappa shape index (κ1) is 16.6. The number of rotatable bonds is 4. The molecule has 7 heteroatoms. The lowest BCUT2D eigenvalue weighted by Crippen LogP contribution is -2.70. The fourth-order valence-corrected chi connectivity index (χ4v) is 5.66. The van der Waals surface area contributed by atoms with Crippen LogP contribution in [0, 0.1) is 5.92 Å². The van der Waals surface area contributed by atoms with Gasteiger partial charge in [-0.05, 0) is 32.6 Å². The number of carboxylic acid groups (broad SMARTS) is 1. The standard InChI is InChI=1S/C16H24N2O4S/c1-16(2)12(15(21)22)18-13(20)11(14(18)23-16)17-10(19)8-9-6-4-3-5-7-9/h9,11-12,14H,3-8H2,1-2H3,(H,17,19)(H,21,22)/t11-,12+,14-/m1/s1. The number of nitrogens with zero attached hydrogens (tertiary/aromatic N) is 1. The maximum atomic E-state index is 12.3. The van der Waals surface area contributed by atoms with Crippen LogP contribution in [-0.2, 0) is 14.4 Å². The smallest absolute Gasteiger partial charge is 0.327 e. The van der Waals surface area contributed by atoms with Crippen LogP contribution in [0.25, 0.3) is 0 Å². The number of carboxylic acids is 1. The van der Waals surface area contributed by atoms with Gasteiger partial charge in [0.25, 0.3) is 0 Å². The van der Waals surface area contributed by atoms with Gasteiger partial charge in [0.2, 0.25) is 11.8 Å². The Labute approximate surface area is 140 Å². The molecule has 2 aliphatic heterocycles. The first-order valence-electron chi connectivity index (χ1n) is 8.33. The normalized spacial score (nSPS) is 33.0. The van der Waals surface area contributed by atoms with Gasteiger partial charge >= 0.3 is 5.97 Å². The van der Waals surface area contributed by atoms with Crippen molar-refractivity contribution in [2.45, 2.75) is 74.6 Å². The Kier molecular flexibility index (Phi) is 4.33. The minimum absolute atomic E-state index is 0.0768. The van der Waals surface area contributed by atoms with Gasteiger partial charge in [0, 0.05) is 11.2 Å². The number of amides is 2. The Morgan fingerprint density at radius 2 is 1.96 bits per heavy atom. The summed E-state index contributed by atoms with van der Waals surface area (Å²) in [5.41, 5.74) is 0. The third kappa shape index (κ3) is 2.95. The summed E-state index contributed by atoms with van der Waals surface area (Å²) in [7, 11) is 0. The molecule has 128 valence electrons. The summed E-state index contributed by atoms with van der Waals surface area (Å²) >= 11 is 1.46. The van der Waals surface area contributed by atoms with Crippen LogP contribution >= 0.6 is 11.8 Å². The molecule has 0 aromatic carbocycles. The van der Waals surface area contributed by atoms with Gasteiger partial charge in [0.05, 0.1) is 0 Å². The molecule has 0 unspecified atom stereocenters. The van der Waals surface area contributed by atoms with E-state index < -0.39 is 22.8 Å². The summed E-state index contributed by atoms with van der Waals surface area (Å²) < 4.78 is -0.547. The number of carbonyl (C=O) groups excluding carboxylic acids is 2. The third-order valence-corrected chi connectivity index (χ3v) is 6.76. The van der Waals surface area contributed by atoms with Gasteiger partial charge in [-0.15, -0.1) is 11.8 Å². The van der Waals surface area contributed by atoms with Gasteiger partial charge in [-0.2, -0.15) is 0 Å². The Balaban J connectivity index is 1.59. The molecule has 2 N–H and O–H groups in total. The van der Waals surface area contributed by atoms with Crippen LogP contribution < -0.4 is 5.32 Å². The van der Waals surface area contributed by atoms with Gasteiger partial charge in [-0.1, -0.05) is 19.3 Å². The lowest BCUT2D eigenvalue weighted by Gasteiger charge is -2.43. The molecule has 1 saturated carbocycles. The van der Waals surface area contributed by atoms with Crippen LogP contribution in [-0.4, -0.2) is 50.0 Å². The zero-order chi connectivity index (χ0) is 16.8. The lowest BCUT2D eigenvalue weighted by molar-refractivity contribution is -0.161. The number of hydrogen-bond donors (Lipinski definition) is 2. The second kappa shape index (κ2) is 6.00. The zero-order valence-electron chi connectivity index (χ0n) is 13.6. The van der Waals surface area contributed by atoms with Crippen molar-refractivity contribution in [2.24, 2.45) is 5.92 Å². The second-order valence-corrected chi connectivity index (χ2v) is 9.12. The number of β-lactam (4-membered cyclic amide) rings is 1. The molecule has 0 radical (unpaired) electrons. The third-order valence-electron chi connectivity index (χ3n) is 5.19. The number of hydrogen-bond acceptors (Lipinski definition) is 4. The maximum Gasteiger partial charge on any atom is 0.327 e. The second-order valence-electron chi connectivity index (χ2n) is 7.35. The molecule has 0 spiro atoms. The molecule has 0 aromatic rings. The molecule has 6 nitrogen and oxygen atoms in total. The Morgan fingerprint density at radius 1 is 1.30 bits per heavy atom. The SMILES string of the molecule is CC1(C)S[C@@H]2[C@H](NC(=O)CC3CCCCC3)C(=O)N2[C@H]1C(=O)O. The fraction of sp³-hybridized carbons (Fsp3) is 0.812. The Bertz CT molecular complexity index is 530. The van der Waals surface area contributed by atoms with Gasteiger partial charge in [0.15, 0.2) is 0 Å². The Morgan fingerprint density at radius 3 is 2.57 bits per heavy atom. The van der Waals surface area contributed by atoms with E-state index in [0.717, 1.165) is 12.8 Å². The van der Waals surface area contributed by atoms with E-state index in [2.05, 4.69) is 5.32 Å². The monoisotopic (exact) mass is 340 g/mol. The summed E-state index contributed by atoms with van der Waals surface area (Å²) in [4.78, 5) is 37.4. The molecule has 23 heavy (non-hydrogen) atoms. The molecule has 2 heterocycles. The average Bonchev–Trinajstić information content (AvgIpc) is 2.74. The van der Waals surface area contributed by atoms with E-state index in [1.165, 1.54) is 35.9 Å². The number of fused-ring (bicyclic) bond motifs is 1. The van der Waals surface area contributed by atoms with Crippen molar-refractivity contribution in [1.82, 2.24) is 10.2 Å². The minimum atomic E-state index is -0.981. The van der Waals surface area contributed by atoms with Crippen molar-refractivity contribution in [3.63, 3.8) is 0 Å². The number of carbonyl (C=O) groups is 3. The van der Waals surface area contributed by atoms with Crippen molar-refractivity contribution in [2.75, 3.05) is 0 Å². The predicted molar refractivity (Wildman–Crippen MR) is 86.9 cm³/mol. The molecule has 0 aromatic heterocycles. The molecule has 1 aliphatic carbocycles. The number of nitrogens with one attached hydrogen (secondary N) is 1. The highest BCUT2D eigenvalue weighted by atomic mass is 32.2. The maximum absolute atomic E-state index is 12.3. The van der Waals surface area contributed by atoms with Gasteiger partial charge in [-0.25, -0.2) is 4.79 Å². The molecule has 2 amide bonds. The summed E-state index contributed by atoms with van der Waals surface area (Å²) in [5.74, 6) is -0.899. The number of aliphatic carboxylic acids is 1. The highest BCUT2D eigenvalue weighted by Crippen LogP contribution is 2.50. The van der Waals surface area contributed by atoms with Crippen LogP contribution in [0.1, 0.15) is 52.4 Å². The molecule has 3 fully saturated rings.